The summed E-state index contributed by atoms with van der Waals surface area (Å²) in [4.78, 5) is 31.4. The fraction of sp³-hybridized carbons (Fsp3) is 0.421. The highest BCUT2D eigenvalue weighted by atomic mass is 32.1. The van der Waals surface area contributed by atoms with E-state index in [0.717, 1.165) is 25.7 Å². The molecule has 1 aromatic carbocycles. The first-order valence-corrected chi connectivity index (χ1v) is 9.80. The van der Waals surface area contributed by atoms with Gasteiger partial charge in [0, 0.05) is 25.0 Å². The lowest BCUT2D eigenvalue weighted by Crippen LogP contribution is -2.38. The van der Waals surface area contributed by atoms with E-state index in [1.165, 1.54) is 17.8 Å². The van der Waals surface area contributed by atoms with Crippen LogP contribution < -0.4 is 11.1 Å². The van der Waals surface area contributed by atoms with Crippen molar-refractivity contribution in [2.24, 2.45) is 5.73 Å². The summed E-state index contributed by atoms with van der Waals surface area (Å²) in [6.45, 7) is 0.305. The van der Waals surface area contributed by atoms with Gasteiger partial charge in [0.2, 0.25) is 0 Å². The Balaban J connectivity index is 1.76. The van der Waals surface area contributed by atoms with Crippen LogP contribution in [0.4, 0.5) is 5.69 Å². The summed E-state index contributed by atoms with van der Waals surface area (Å²) in [5, 5.41) is 5.20. The maximum atomic E-state index is 13.0. The second-order valence-electron chi connectivity index (χ2n) is 6.54. The highest BCUT2D eigenvalue weighted by molar-refractivity contribution is 7.09. The normalized spacial score (nSPS) is 14.8. The number of carbonyl (C=O) groups is 2. The van der Waals surface area contributed by atoms with E-state index in [2.05, 4.69) is 10.3 Å². The van der Waals surface area contributed by atoms with Gasteiger partial charge in [-0.05, 0) is 25.0 Å². The molecule has 1 aromatic heterocycles. The van der Waals surface area contributed by atoms with Crippen molar-refractivity contribution in [3.63, 3.8) is 0 Å². The van der Waals surface area contributed by atoms with Crippen LogP contribution in [0.3, 0.4) is 0 Å². The molecule has 0 aliphatic heterocycles. The lowest BCUT2D eigenvalue weighted by molar-refractivity contribution is 0.0697. The van der Waals surface area contributed by atoms with Gasteiger partial charge in [-0.2, -0.15) is 0 Å². The molecule has 1 saturated carbocycles. The number of hydrogen-bond acceptors (Lipinski definition) is 5. The molecule has 1 heterocycles. The second-order valence-corrected chi connectivity index (χ2v) is 7.48. The molecule has 0 bridgehead atoms. The number of carbonyl (C=O) groups excluding carboxylic acids is 2. The number of para-hydroxylation sites is 1. The molecule has 0 saturated heterocycles. The first-order valence-electron chi connectivity index (χ1n) is 8.92. The average Bonchev–Trinajstić information content (AvgIpc) is 3.17. The van der Waals surface area contributed by atoms with E-state index in [1.807, 2.05) is 18.0 Å². The van der Waals surface area contributed by atoms with Crippen LogP contribution in [0, 0.1) is 0 Å². The Hall–Kier alpha value is -2.25. The van der Waals surface area contributed by atoms with Gasteiger partial charge < -0.3 is 16.0 Å². The molecule has 0 unspecified atom stereocenters. The number of hydrogen-bond donors (Lipinski definition) is 2. The van der Waals surface area contributed by atoms with E-state index in [-0.39, 0.29) is 17.9 Å². The van der Waals surface area contributed by atoms with E-state index in [9.17, 15) is 9.59 Å². The van der Waals surface area contributed by atoms with Crippen molar-refractivity contribution in [3.05, 3.63) is 45.9 Å². The molecule has 26 heavy (non-hydrogen) atoms. The van der Waals surface area contributed by atoms with E-state index in [0.29, 0.717) is 28.5 Å². The lowest BCUT2D eigenvalue weighted by Gasteiger charge is -2.31. The molecule has 1 aliphatic carbocycles. The van der Waals surface area contributed by atoms with Crippen LogP contribution >= 0.6 is 11.3 Å². The highest BCUT2D eigenvalue weighted by Crippen LogP contribution is 2.25. The molecule has 1 aliphatic rings. The third-order valence-electron chi connectivity index (χ3n) is 4.81. The largest absolute Gasteiger partial charge is 0.339 e. The molecule has 0 atom stereocenters. The van der Waals surface area contributed by atoms with Crippen LogP contribution in [0.25, 0.3) is 0 Å². The maximum Gasteiger partial charge on any atom is 0.275 e. The Kier molecular flexibility index (Phi) is 6.00. The van der Waals surface area contributed by atoms with Crippen LogP contribution in [0.1, 0.15) is 58.0 Å². The van der Waals surface area contributed by atoms with Crippen molar-refractivity contribution in [1.82, 2.24) is 9.88 Å². The Labute approximate surface area is 157 Å². The number of thiazole rings is 1. The maximum absolute atomic E-state index is 13.0. The van der Waals surface area contributed by atoms with Gasteiger partial charge in [0.15, 0.2) is 0 Å². The molecule has 3 rings (SSSR count). The average molecular weight is 372 g/mol. The number of anilines is 1. The molecule has 2 aromatic rings. The standard InChI is InChI=1S/C19H24N4O2S/c1-23(13-7-3-2-4-8-13)19(25)14-9-5-6-10-15(14)22-18(24)16-12-26-17(11-20)21-16/h5-6,9-10,12-13H,2-4,7-8,11,20H2,1H3,(H,22,24). The zero-order chi connectivity index (χ0) is 18.5. The predicted octanol–water partition coefficient (Wildman–Crippen LogP) is 3.26. The number of amides is 2. The third kappa shape index (κ3) is 4.11. The molecule has 0 radical (unpaired) electrons. The number of benzene rings is 1. The summed E-state index contributed by atoms with van der Waals surface area (Å²) >= 11 is 1.35. The van der Waals surface area contributed by atoms with Crippen molar-refractivity contribution in [2.45, 2.75) is 44.7 Å². The van der Waals surface area contributed by atoms with Gasteiger partial charge in [-0.3, -0.25) is 9.59 Å². The SMILES string of the molecule is CN(C(=O)c1ccccc1NC(=O)c1csc(CN)n1)C1CCCCC1. The second kappa shape index (κ2) is 8.42. The molecule has 3 N–H and O–H groups in total. The van der Waals surface area contributed by atoms with E-state index >= 15 is 0 Å². The minimum atomic E-state index is -0.332. The van der Waals surface area contributed by atoms with Gasteiger partial charge in [0.25, 0.3) is 11.8 Å². The zero-order valence-electron chi connectivity index (χ0n) is 14.9. The number of nitrogens with two attached hydrogens (primary N) is 1. The van der Waals surface area contributed by atoms with Crippen LogP contribution in [0.15, 0.2) is 29.6 Å². The first-order chi connectivity index (χ1) is 12.6. The Morgan fingerprint density at radius 2 is 2.00 bits per heavy atom. The summed E-state index contributed by atoms with van der Waals surface area (Å²) < 4.78 is 0. The van der Waals surface area contributed by atoms with Crippen molar-refractivity contribution >= 4 is 28.8 Å². The number of nitrogens with zero attached hydrogens (tertiary/aromatic N) is 2. The van der Waals surface area contributed by atoms with Crippen LogP contribution in [-0.2, 0) is 6.54 Å². The fourth-order valence-corrected chi connectivity index (χ4v) is 3.95. The Bertz CT molecular complexity index is 783. The summed E-state index contributed by atoms with van der Waals surface area (Å²) in [6.07, 6.45) is 5.64. The molecule has 138 valence electrons. The van der Waals surface area contributed by atoms with Crippen molar-refractivity contribution in [3.8, 4) is 0 Å². The summed E-state index contributed by atoms with van der Waals surface area (Å²) in [6, 6.07) is 7.39. The highest BCUT2D eigenvalue weighted by Gasteiger charge is 2.25. The lowest BCUT2D eigenvalue weighted by atomic mass is 9.94. The van der Waals surface area contributed by atoms with Gasteiger partial charge in [-0.25, -0.2) is 4.98 Å². The minimum Gasteiger partial charge on any atom is -0.339 e. The number of nitrogens with one attached hydrogen (secondary N) is 1. The van der Waals surface area contributed by atoms with Gasteiger partial charge in [0.1, 0.15) is 10.7 Å². The first kappa shape index (κ1) is 18.5. The van der Waals surface area contributed by atoms with Crippen LogP contribution in [0.5, 0.6) is 0 Å². The number of rotatable bonds is 5. The summed E-state index contributed by atoms with van der Waals surface area (Å²) in [5.74, 6) is -0.393. The van der Waals surface area contributed by atoms with Crippen molar-refractivity contribution in [1.29, 1.82) is 0 Å². The number of aromatic nitrogens is 1. The minimum absolute atomic E-state index is 0.0614. The van der Waals surface area contributed by atoms with Gasteiger partial charge >= 0.3 is 0 Å². The smallest absolute Gasteiger partial charge is 0.275 e. The third-order valence-corrected chi connectivity index (χ3v) is 5.68. The van der Waals surface area contributed by atoms with E-state index in [1.54, 1.807) is 23.6 Å². The van der Waals surface area contributed by atoms with Gasteiger partial charge in [0.05, 0.1) is 11.3 Å². The summed E-state index contributed by atoms with van der Waals surface area (Å²) in [5.41, 5.74) is 6.88. The molecule has 0 spiro atoms. The monoisotopic (exact) mass is 372 g/mol. The van der Waals surface area contributed by atoms with Crippen molar-refractivity contribution < 1.29 is 9.59 Å². The van der Waals surface area contributed by atoms with Crippen LogP contribution in [-0.4, -0.2) is 34.8 Å². The van der Waals surface area contributed by atoms with Crippen LogP contribution in [0.2, 0.25) is 0 Å². The fourth-order valence-electron chi connectivity index (χ4n) is 3.30. The van der Waals surface area contributed by atoms with E-state index in [4.69, 9.17) is 5.73 Å². The zero-order valence-corrected chi connectivity index (χ0v) is 15.7. The molecular formula is C19H24N4O2S. The molecule has 2 amide bonds. The topological polar surface area (TPSA) is 88.3 Å². The molecule has 7 heteroatoms. The summed E-state index contributed by atoms with van der Waals surface area (Å²) in [7, 11) is 1.85. The molecule has 1 fully saturated rings. The van der Waals surface area contributed by atoms with Gasteiger partial charge in [-0.1, -0.05) is 31.4 Å². The van der Waals surface area contributed by atoms with E-state index < -0.39 is 0 Å². The predicted molar refractivity (Wildman–Crippen MR) is 103 cm³/mol. The molecule has 6 nitrogen and oxygen atoms in total. The van der Waals surface area contributed by atoms with Crippen molar-refractivity contribution in [2.75, 3.05) is 12.4 Å². The molecular weight excluding hydrogens is 348 g/mol. The Morgan fingerprint density at radius 3 is 2.69 bits per heavy atom. The quantitative estimate of drug-likeness (QED) is 0.843. The Morgan fingerprint density at radius 1 is 1.27 bits per heavy atom. The van der Waals surface area contributed by atoms with Gasteiger partial charge in [-0.15, -0.1) is 11.3 Å².